The molecule has 4 aromatic rings. The Labute approximate surface area is 233 Å². The van der Waals surface area contributed by atoms with E-state index in [1.54, 1.807) is 12.1 Å². The van der Waals surface area contributed by atoms with E-state index in [4.69, 9.17) is 0 Å². The molecule has 1 aliphatic heterocycles. The van der Waals surface area contributed by atoms with Crippen molar-refractivity contribution in [3.8, 4) is 0 Å². The number of carbonyl (C=O) groups excluding carboxylic acids is 3. The van der Waals surface area contributed by atoms with Crippen LogP contribution in [-0.2, 0) is 4.79 Å². The molecule has 206 valence electrons. The fourth-order valence-corrected chi connectivity index (χ4v) is 6.30. The Morgan fingerprint density at radius 2 is 1.93 bits per heavy atom. The van der Waals surface area contributed by atoms with Crippen LogP contribution in [0.3, 0.4) is 0 Å². The van der Waals surface area contributed by atoms with Crippen LogP contribution in [0.2, 0.25) is 0 Å². The topological polar surface area (TPSA) is 110 Å². The first-order chi connectivity index (χ1) is 19.3. The molecule has 2 aromatic heterocycles. The maximum atomic E-state index is 13.7. The van der Waals surface area contributed by atoms with Gasteiger partial charge < -0.3 is 25.5 Å². The summed E-state index contributed by atoms with van der Waals surface area (Å²) in [7, 11) is 0. The van der Waals surface area contributed by atoms with Crippen LogP contribution in [0.15, 0.2) is 73.4 Å². The number of allylic oxidation sites excluding steroid dienone is 1. The Bertz CT molecular complexity index is 1580. The minimum absolute atomic E-state index is 0.0184. The molecule has 0 bridgehead atoms. The van der Waals surface area contributed by atoms with Gasteiger partial charge in [0, 0.05) is 35.6 Å². The summed E-state index contributed by atoms with van der Waals surface area (Å²) in [6.45, 7) is 8.79. The lowest BCUT2D eigenvalue weighted by molar-refractivity contribution is -0.125. The number of carbonyl (C=O) groups is 3. The predicted molar refractivity (Wildman–Crippen MR) is 156 cm³/mol. The number of aromatic nitrogens is 2. The van der Waals surface area contributed by atoms with Crippen molar-refractivity contribution < 1.29 is 14.4 Å². The van der Waals surface area contributed by atoms with Gasteiger partial charge in [-0.3, -0.25) is 14.4 Å². The summed E-state index contributed by atoms with van der Waals surface area (Å²) in [6, 6.07) is 16.3. The molecule has 3 heterocycles. The van der Waals surface area contributed by atoms with E-state index in [1.165, 1.54) is 0 Å². The maximum Gasteiger partial charge on any atom is 0.268 e. The van der Waals surface area contributed by atoms with Gasteiger partial charge in [-0.25, -0.2) is 0 Å². The van der Waals surface area contributed by atoms with Crippen LogP contribution in [0.4, 0.5) is 0 Å². The van der Waals surface area contributed by atoms with Crippen molar-refractivity contribution in [1.29, 1.82) is 0 Å². The number of amides is 3. The largest absolute Gasteiger partial charge is 0.361 e. The number of rotatable bonds is 9. The molecule has 0 radical (unpaired) electrons. The van der Waals surface area contributed by atoms with Crippen molar-refractivity contribution in [1.82, 2.24) is 25.5 Å². The van der Waals surface area contributed by atoms with Crippen LogP contribution in [0.5, 0.6) is 0 Å². The van der Waals surface area contributed by atoms with E-state index in [2.05, 4.69) is 27.2 Å². The molecule has 4 N–H and O–H groups in total. The van der Waals surface area contributed by atoms with Gasteiger partial charge in [-0.1, -0.05) is 50.3 Å². The molecular weight excluding hydrogens is 502 g/mol. The second-order valence-corrected chi connectivity index (χ2v) is 11.8. The van der Waals surface area contributed by atoms with Crippen molar-refractivity contribution in [2.75, 3.05) is 13.1 Å². The van der Waals surface area contributed by atoms with Gasteiger partial charge >= 0.3 is 0 Å². The molecule has 2 aliphatic rings. The number of nitrogens with zero attached hydrogens (tertiary/aromatic N) is 1. The summed E-state index contributed by atoms with van der Waals surface area (Å²) in [5.41, 5.74) is 2.17. The number of fused-ring (bicyclic) bond motifs is 3. The first-order valence-electron chi connectivity index (χ1n) is 13.9. The zero-order chi connectivity index (χ0) is 28.0. The van der Waals surface area contributed by atoms with Gasteiger partial charge in [0.2, 0.25) is 5.91 Å². The summed E-state index contributed by atoms with van der Waals surface area (Å²) in [5, 5.41) is 8.00. The highest BCUT2D eigenvalue weighted by Gasteiger charge is 2.54. The van der Waals surface area contributed by atoms with Crippen LogP contribution >= 0.6 is 0 Å². The van der Waals surface area contributed by atoms with Crippen LogP contribution < -0.4 is 10.6 Å². The standard InChI is InChI=1S/C32H35N5O3/c1-4-13-32(2,3)28(36-29(38)25-16-20-8-5-6-11-24(20)35-25)30(39)34-17-26-23-15-21(23)18-37(26)31(40)22-10-7-9-19-12-14-33-27(19)22/h4-12,14,16,21,23,26,28,33,35H,1,13,15,17-18H2,2-3H3,(H,34,39)(H,36,38). The second kappa shape index (κ2) is 10.0. The molecule has 8 nitrogen and oxygen atoms in total. The Morgan fingerprint density at radius 1 is 1.12 bits per heavy atom. The number of benzene rings is 2. The van der Waals surface area contributed by atoms with Crippen molar-refractivity contribution in [2.45, 2.75) is 38.8 Å². The fourth-order valence-electron chi connectivity index (χ4n) is 6.30. The van der Waals surface area contributed by atoms with Crippen molar-refractivity contribution in [3.63, 3.8) is 0 Å². The number of aromatic amines is 2. The molecule has 1 saturated carbocycles. The molecule has 1 saturated heterocycles. The summed E-state index contributed by atoms with van der Waals surface area (Å²) in [5.74, 6) is 0.234. The Hall–Kier alpha value is -4.33. The van der Waals surface area contributed by atoms with Gasteiger partial charge in [0.15, 0.2) is 0 Å². The van der Waals surface area contributed by atoms with Crippen molar-refractivity contribution in [3.05, 3.63) is 84.7 Å². The first-order valence-corrected chi connectivity index (χ1v) is 13.9. The van der Waals surface area contributed by atoms with Gasteiger partial charge in [0.25, 0.3) is 11.8 Å². The van der Waals surface area contributed by atoms with Crippen LogP contribution in [0.25, 0.3) is 21.8 Å². The van der Waals surface area contributed by atoms with E-state index in [1.807, 2.05) is 73.5 Å². The van der Waals surface area contributed by atoms with Gasteiger partial charge in [-0.2, -0.15) is 0 Å². The highest BCUT2D eigenvalue weighted by molar-refractivity contribution is 6.06. The highest BCUT2D eigenvalue weighted by atomic mass is 16.2. The third kappa shape index (κ3) is 4.68. The summed E-state index contributed by atoms with van der Waals surface area (Å²) in [4.78, 5) is 48.9. The number of likely N-dealkylation sites (tertiary alicyclic amines) is 1. The fraction of sp³-hybridized carbons (Fsp3) is 0.344. The number of hydrogen-bond donors (Lipinski definition) is 4. The molecule has 4 unspecified atom stereocenters. The molecule has 4 atom stereocenters. The molecule has 0 spiro atoms. The number of para-hydroxylation sites is 2. The third-order valence-corrected chi connectivity index (χ3v) is 8.63. The zero-order valence-electron chi connectivity index (χ0n) is 22.9. The van der Waals surface area contributed by atoms with E-state index in [0.29, 0.717) is 42.6 Å². The average Bonchev–Trinajstić information content (AvgIpc) is 3.27. The molecule has 40 heavy (non-hydrogen) atoms. The van der Waals surface area contributed by atoms with Crippen molar-refractivity contribution >= 4 is 39.5 Å². The Kier molecular flexibility index (Phi) is 6.49. The summed E-state index contributed by atoms with van der Waals surface area (Å²) < 4.78 is 0. The lowest BCUT2D eigenvalue weighted by atomic mass is 9.80. The van der Waals surface area contributed by atoms with Crippen LogP contribution in [-0.4, -0.2) is 57.8 Å². The lowest BCUT2D eigenvalue weighted by Gasteiger charge is -2.34. The third-order valence-electron chi connectivity index (χ3n) is 8.63. The minimum Gasteiger partial charge on any atom is -0.361 e. The van der Waals surface area contributed by atoms with Crippen LogP contribution in [0.1, 0.15) is 47.5 Å². The normalized spacial score (nSPS) is 20.8. The SMILES string of the molecule is C=CCC(C)(C)C(NC(=O)c1cc2ccccc2[nH]1)C(=O)NCC1C2CC2CN1C(=O)c1cccc2cc[nH]c12. The second-order valence-electron chi connectivity index (χ2n) is 11.8. The molecule has 8 heteroatoms. The molecule has 1 aliphatic carbocycles. The average molecular weight is 538 g/mol. The van der Waals surface area contributed by atoms with Crippen LogP contribution in [0, 0.1) is 17.3 Å². The molecular formula is C32H35N5O3. The number of hydrogen-bond acceptors (Lipinski definition) is 3. The Balaban J connectivity index is 1.18. The maximum absolute atomic E-state index is 13.7. The molecule has 2 aromatic carbocycles. The zero-order valence-corrected chi connectivity index (χ0v) is 22.9. The quantitative estimate of drug-likeness (QED) is 0.234. The smallest absolute Gasteiger partial charge is 0.268 e. The van der Waals surface area contributed by atoms with Gasteiger partial charge in [0.05, 0.1) is 17.1 Å². The summed E-state index contributed by atoms with van der Waals surface area (Å²) >= 11 is 0. The summed E-state index contributed by atoms with van der Waals surface area (Å²) in [6.07, 6.45) is 5.22. The van der Waals surface area contributed by atoms with Gasteiger partial charge in [-0.15, -0.1) is 6.58 Å². The lowest BCUT2D eigenvalue weighted by Crippen LogP contribution is -2.56. The molecule has 3 amide bonds. The molecule has 6 rings (SSSR count). The monoisotopic (exact) mass is 537 g/mol. The van der Waals surface area contributed by atoms with E-state index in [9.17, 15) is 14.4 Å². The predicted octanol–water partition coefficient (Wildman–Crippen LogP) is 4.63. The number of H-pyrrole nitrogens is 2. The van der Waals surface area contributed by atoms with E-state index in [-0.39, 0.29) is 23.8 Å². The van der Waals surface area contributed by atoms with Gasteiger partial charge in [0.1, 0.15) is 11.7 Å². The molecule has 2 fully saturated rings. The van der Waals surface area contributed by atoms with Crippen molar-refractivity contribution in [2.24, 2.45) is 17.3 Å². The Morgan fingerprint density at radius 3 is 2.73 bits per heavy atom. The highest BCUT2D eigenvalue weighted by Crippen LogP contribution is 2.49. The van der Waals surface area contributed by atoms with E-state index >= 15 is 0 Å². The number of piperidine rings is 1. The minimum atomic E-state index is -0.794. The number of nitrogens with one attached hydrogen (secondary N) is 4. The van der Waals surface area contributed by atoms with E-state index in [0.717, 1.165) is 28.2 Å². The van der Waals surface area contributed by atoms with E-state index < -0.39 is 11.5 Å². The first kappa shape index (κ1) is 25.9. The van der Waals surface area contributed by atoms with Gasteiger partial charge in [-0.05, 0) is 54.4 Å².